The maximum Gasteiger partial charge on any atom is 0.253 e. The summed E-state index contributed by atoms with van der Waals surface area (Å²) in [5, 5.41) is 10.2. The minimum atomic E-state index is -0.222. The molecule has 4 rings (SSSR count). The van der Waals surface area contributed by atoms with Crippen molar-refractivity contribution in [3.8, 4) is 0 Å². The molecule has 3 aliphatic rings. The molecule has 3 aliphatic heterocycles. The van der Waals surface area contributed by atoms with E-state index in [0.717, 1.165) is 51.3 Å². The first kappa shape index (κ1) is 17.0. The number of aliphatic hydroxyl groups is 1. The molecule has 1 spiro atoms. The maximum absolute atomic E-state index is 12.7. The van der Waals surface area contributed by atoms with Crippen LogP contribution < -0.4 is 0 Å². The third-order valence-corrected chi connectivity index (χ3v) is 5.89. The summed E-state index contributed by atoms with van der Waals surface area (Å²) < 4.78 is 0. The van der Waals surface area contributed by atoms with Crippen LogP contribution in [0.4, 0.5) is 0 Å². The molecule has 25 heavy (non-hydrogen) atoms. The number of hydrogen-bond acceptors (Lipinski definition) is 4. The summed E-state index contributed by atoms with van der Waals surface area (Å²) in [7, 11) is 0. The highest BCUT2D eigenvalue weighted by Gasteiger charge is 2.57. The average molecular weight is 343 g/mol. The Balaban J connectivity index is 1.49. The fourth-order valence-corrected chi connectivity index (χ4v) is 5.02. The van der Waals surface area contributed by atoms with Gasteiger partial charge in [0, 0.05) is 50.9 Å². The molecule has 5 heteroatoms. The van der Waals surface area contributed by atoms with E-state index < -0.39 is 0 Å². The smallest absolute Gasteiger partial charge is 0.253 e. The van der Waals surface area contributed by atoms with Crippen LogP contribution in [-0.2, 0) is 0 Å². The minimum absolute atomic E-state index is 0.0275. The zero-order valence-electron chi connectivity index (χ0n) is 15.3. The summed E-state index contributed by atoms with van der Waals surface area (Å²) in [6.07, 6.45) is 0.642. The molecule has 3 heterocycles. The fourth-order valence-electron chi connectivity index (χ4n) is 5.02. The number of likely N-dealkylation sites (tertiary alicyclic amines) is 1. The third-order valence-electron chi connectivity index (χ3n) is 5.89. The second-order valence-corrected chi connectivity index (χ2v) is 8.54. The molecular formula is C20H29N3O2. The predicted octanol–water partition coefficient (Wildman–Crippen LogP) is 1.29. The third kappa shape index (κ3) is 3.09. The molecule has 1 amide bonds. The molecule has 3 saturated heterocycles. The van der Waals surface area contributed by atoms with Crippen molar-refractivity contribution in [3.63, 3.8) is 0 Å². The van der Waals surface area contributed by atoms with Gasteiger partial charge in [-0.15, -0.1) is 0 Å². The van der Waals surface area contributed by atoms with Gasteiger partial charge in [0.05, 0.1) is 11.6 Å². The summed E-state index contributed by atoms with van der Waals surface area (Å²) in [6, 6.07) is 9.98. The van der Waals surface area contributed by atoms with Crippen molar-refractivity contribution in [3.05, 3.63) is 35.9 Å². The molecular weight excluding hydrogens is 314 g/mol. The topological polar surface area (TPSA) is 47.0 Å². The Labute approximate surface area is 150 Å². The lowest BCUT2D eigenvalue weighted by Crippen LogP contribution is -2.78. The molecule has 5 nitrogen and oxygen atoms in total. The highest BCUT2D eigenvalue weighted by Crippen LogP contribution is 2.39. The van der Waals surface area contributed by atoms with E-state index in [1.165, 1.54) is 0 Å². The normalized spacial score (nSPS) is 29.0. The lowest BCUT2D eigenvalue weighted by molar-refractivity contribution is -0.102. The lowest BCUT2D eigenvalue weighted by atomic mass is 9.83. The van der Waals surface area contributed by atoms with Crippen LogP contribution in [0.25, 0.3) is 0 Å². The Morgan fingerprint density at radius 2 is 1.92 bits per heavy atom. The van der Waals surface area contributed by atoms with Gasteiger partial charge in [-0.2, -0.15) is 0 Å². The SMILES string of the molecule is CC(C)CN1C[C@H]2C[C@@H](O)CN2C2(C1)CN(C(=O)c1ccccc1)C2. The number of β-amino-alcohol motifs (C(OH)–C–C–N with tert-alkyl or cyclic N) is 1. The van der Waals surface area contributed by atoms with E-state index in [9.17, 15) is 9.90 Å². The van der Waals surface area contributed by atoms with Crippen LogP contribution >= 0.6 is 0 Å². The molecule has 0 unspecified atom stereocenters. The highest BCUT2D eigenvalue weighted by atomic mass is 16.3. The Morgan fingerprint density at radius 3 is 2.60 bits per heavy atom. The number of carbonyl (C=O) groups excluding carboxylic acids is 1. The average Bonchev–Trinajstić information content (AvgIpc) is 2.92. The number of aliphatic hydroxyl groups excluding tert-OH is 1. The molecule has 0 radical (unpaired) electrons. The summed E-state index contributed by atoms with van der Waals surface area (Å²) in [5.41, 5.74) is 0.796. The molecule has 3 fully saturated rings. The van der Waals surface area contributed by atoms with E-state index in [1.807, 2.05) is 35.2 Å². The quantitative estimate of drug-likeness (QED) is 0.898. The van der Waals surface area contributed by atoms with E-state index in [0.29, 0.717) is 12.0 Å². The molecule has 136 valence electrons. The van der Waals surface area contributed by atoms with Crippen molar-refractivity contribution in [2.45, 2.75) is 38.0 Å². The first-order valence-corrected chi connectivity index (χ1v) is 9.48. The van der Waals surface area contributed by atoms with Crippen molar-refractivity contribution in [2.75, 3.05) is 39.3 Å². The molecule has 0 aliphatic carbocycles. The standard InChI is InChI=1S/C20H29N3O2/c1-15(2)9-21-10-17-8-18(24)11-23(17)20(12-21)13-22(14-20)19(25)16-6-4-3-5-7-16/h3-7,15,17-18,24H,8-14H2,1-2H3/t17-,18-/m1/s1. The highest BCUT2D eigenvalue weighted by molar-refractivity contribution is 5.95. The van der Waals surface area contributed by atoms with Crippen molar-refractivity contribution in [1.29, 1.82) is 0 Å². The molecule has 0 bridgehead atoms. The predicted molar refractivity (Wildman–Crippen MR) is 97.5 cm³/mol. The monoisotopic (exact) mass is 343 g/mol. The Kier molecular flexibility index (Phi) is 4.34. The Hall–Kier alpha value is -1.43. The summed E-state index contributed by atoms with van der Waals surface area (Å²) in [4.78, 5) is 19.7. The molecule has 1 aromatic rings. The number of fused-ring (bicyclic) bond motifs is 2. The Morgan fingerprint density at radius 1 is 1.20 bits per heavy atom. The molecule has 1 aromatic carbocycles. The number of rotatable bonds is 3. The van der Waals surface area contributed by atoms with Crippen LogP contribution in [0.15, 0.2) is 30.3 Å². The minimum Gasteiger partial charge on any atom is -0.392 e. The van der Waals surface area contributed by atoms with Gasteiger partial charge in [-0.05, 0) is 24.5 Å². The van der Waals surface area contributed by atoms with Crippen LogP contribution in [0, 0.1) is 5.92 Å². The van der Waals surface area contributed by atoms with Gasteiger partial charge in [0.2, 0.25) is 0 Å². The number of benzene rings is 1. The fraction of sp³-hybridized carbons (Fsp3) is 0.650. The molecule has 0 aromatic heterocycles. The van der Waals surface area contributed by atoms with Gasteiger partial charge >= 0.3 is 0 Å². The van der Waals surface area contributed by atoms with Crippen molar-refractivity contribution < 1.29 is 9.90 Å². The van der Waals surface area contributed by atoms with Gasteiger partial charge in [0.25, 0.3) is 5.91 Å². The van der Waals surface area contributed by atoms with Crippen LogP contribution in [-0.4, -0.2) is 82.7 Å². The number of carbonyl (C=O) groups is 1. The van der Waals surface area contributed by atoms with E-state index in [4.69, 9.17) is 0 Å². The summed E-state index contributed by atoms with van der Waals surface area (Å²) in [6.45, 7) is 9.97. The maximum atomic E-state index is 12.7. The van der Waals surface area contributed by atoms with Crippen molar-refractivity contribution in [1.82, 2.24) is 14.7 Å². The van der Waals surface area contributed by atoms with E-state index in [1.54, 1.807) is 0 Å². The Bertz CT molecular complexity index is 627. The summed E-state index contributed by atoms with van der Waals surface area (Å²) in [5.74, 6) is 0.764. The van der Waals surface area contributed by atoms with Gasteiger partial charge < -0.3 is 10.0 Å². The first-order chi connectivity index (χ1) is 12.0. The van der Waals surface area contributed by atoms with E-state index in [-0.39, 0.29) is 17.6 Å². The van der Waals surface area contributed by atoms with E-state index >= 15 is 0 Å². The van der Waals surface area contributed by atoms with Gasteiger partial charge in [-0.25, -0.2) is 0 Å². The second kappa shape index (κ2) is 6.38. The van der Waals surface area contributed by atoms with E-state index in [2.05, 4.69) is 23.6 Å². The first-order valence-electron chi connectivity index (χ1n) is 9.48. The van der Waals surface area contributed by atoms with Crippen molar-refractivity contribution >= 4 is 5.91 Å². The number of piperazine rings is 1. The summed E-state index contributed by atoms with van der Waals surface area (Å²) >= 11 is 0. The number of hydrogen-bond donors (Lipinski definition) is 1. The van der Waals surface area contributed by atoms with Crippen LogP contribution in [0.3, 0.4) is 0 Å². The van der Waals surface area contributed by atoms with Crippen molar-refractivity contribution in [2.24, 2.45) is 5.92 Å². The van der Waals surface area contributed by atoms with Crippen LogP contribution in [0.2, 0.25) is 0 Å². The molecule has 2 atom stereocenters. The largest absolute Gasteiger partial charge is 0.392 e. The van der Waals surface area contributed by atoms with Gasteiger partial charge in [-0.1, -0.05) is 32.0 Å². The number of nitrogens with zero attached hydrogens (tertiary/aromatic N) is 3. The van der Waals surface area contributed by atoms with Crippen LogP contribution in [0.5, 0.6) is 0 Å². The zero-order valence-corrected chi connectivity index (χ0v) is 15.3. The van der Waals surface area contributed by atoms with Gasteiger partial charge in [-0.3, -0.25) is 14.6 Å². The number of amides is 1. The lowest BCUT2D eigenvalue weighted by Gasteiger charge is -2.61. The van der Waals surface area contributed by atoms with Crippen LogP contribution in [0.1, 0.15) is 30.6 Å². The second-order valence-electron chi connectivity index (χ2n) is 8.54. The van der Waals surface area contributed by atoms with Gasteiger partial charge in [0.15, 0.2) is 0 Å². The molecule has 0 saturated carbocycles. The van der Waals surface area contributed by atoms with Gasteiger partial charge in [0.1, 0.15) is 0 Å². The zero-order chi connectivity index (χ0) is 17.6. The molecule has 1 N–H and O–H groups in total.